The number of piperidine rings is 1. The summed E-state index contributed by atoms with van der Waals surface area (Å²) in [6.07, 6.45) is 10.8. The second kappa shape index (κ2) is 5.64. The molecule has 3 aliphatic rings. The van der Waals surface area contributed by atoms with Gasteiger partial charge in [0.25, 0.3) is 0 Å². The molecule has 4 nitrogen and oxygen atoms in total. The minimum atomic E-state index is -0.674. The van der Waals surface area contributed by atoms with Gasteiger partial charge in [0.1, 0.15) is 5.54 Å². The van der Waals surface area contributed by atoms with E-state index in [1.165, 1.54) is 45.1 Å². The smallest absolute Gasteiger partial charge is 0.323 e. The van der Waals surface area contributed by atoms with Crippen molar-refractivity contribution < 1.29 is 9.90 Å². The van der Waals surface area contributed by atoms with Crippen LogP contribution < -0.4 is 5.32 Å². The lowest BCUT2D eigenvalue weighted by Crippen LogP contribution is -2.53. The molecule has 2 saturated carbocycles. The molecule has 0 spiro atoms. The lowest BCUT2D eigenvalue weighted by molar-refractivity contribution is -0.144. The first-order valence-corrected chi connectivity index (χ1v) is 8.34. The lowest BCUT2D eigenvalue weighted by atomic mass is 9.77. The molecule has 0 aromatic carbocycles. The van der Waals surface area contributed by atoms with Gasteiger partial charge in [0.15, 0.2) is 0 Å². The number of hydrogen-bond acceptors (Lipinski definition) is 3. The first-order chi connectivity index (χ1) is 9.66. The fraction of sp³-hybridized carbons (Fsp3) is 0.938. The quantitative estimate of drug-likeness (QED) is 0.832. The van der Waals surface area contributed by atoms with Gasteiger partial charge >= 0.3 is 5.97 Å². The first kappa shape index (κ1) is 14.3. The van der Waals surface area contributed by atoms with Crippen molar-refractivity contribution in [1.29, 1.82) is 0 Å². The Kier molecular flexibility index (Phi) is 4.04. The summed E-state index contributed by atoms with van der Waals surface area (Å²) in [6, 6.07) is 1.22. The summed E-state index contributed by atoms with van der Waals surface area (Å²) in [7, 11) is 1.80. The SMILES string of the molecule is CNC1(C(=O)O)CCC(N2CCC[C@H]3CCCC[C@H]32)C1. The van der Waals surface area contributed by atoms with E-state index in [0.717, 1.165) is 31.2 Å². The van der Waals surface area contributed by atoms with Crippen molar-refractivity contribution in [3.63, 3.8) is 0 Å². The topological polar surface area (TPSA) is 52.6 Å². The van der Waals surface area contributed by atoms with E-state index in [2.05, 4.69) is 10.2 Å². The average molecular weight is 280 g/mol. The zero-order valence-corrected chi connectivity index (χ0v) is 12.6. The lowest BCUT2D eigenvalue weighted by Gasteiger charge is -2.47. The van der Waals surface area contributed by atoms with Crippen LogP contribution in [0.3, 0.4) is 0 Å². The van der Waals surface area contributed by atoms with E-state index in [1.54, 1.807) is 7.05 Å². The molecule has 1 aliphatic heterocycles. The Morgan fingerprint density at radius 2 is 1.95 bits per heavy atom. The molecular formula is C16H28N2O2. The molecule has 0 radical (unpaired) electrons. The normalized spacial score (nSPS) is 42.4. The third-order valence-electron chi connectivity index (χ3n) is 6.13. The molecule has 2 aliphatic carbocycles. The summed E-state index contributed by atoms with van der Waals surface area (Å²) < 4.78 is 0. The highest BCUT2D eigenvalue weighted by atomic mass is 16.4. The van der Waals surface area contributed by atoms with Gasteiger partial charge in [-0.1, -0.05) is 12.8 Å². The van der Waals surface area contributed by atoms with Gasteiger partial charge in [-0.25, -0.2) is 0 Å². The van der Waals surface area contributed by atoms with Gasteiger partial charge in [0.05, 0.1) is 0 Å². The van der Waals surface area contributed by atoms with Gasteiger partial charge in [-0.15, -0.1) is 0 Å². The van der Waals surface area contributed by atoms with Crippen LogP contribution >= 0.6 is 0 Å². The monoisotopic (exact) mass is 280 g/mol. The molecule has 20 heavy (non-hydrogen) atoms. The molecule has 3 fully saturated rings. The third-order valence-corrected chi connectivity index (χ3v) is 6.13. The molecule has 1 saturated heterocycles. The number of rotatable bonds is 3. The maximum atomic E-state index is 11.6. The Morgan fingerprint density at radius 3 is 2.65 bits per heavy atom. The summed E-state index contributed by atoms with van der Waals surface area (Å²) in [5.74, 6) is 0.214. The minimum Gasteiger partial charge on any atom is -0.480 e. The van der Waals surface area contributed by atoms with E-state index in [4.69, 9.17) is 0 Å². The second-order valence-corrected chi connectivity index (χ2v) is 7.03. The van der Waals surface area contributed by atoms with Crippen LogP contribution in [0.4, 0.5) is 0 Å². The van der Waals surface area contributed by atoms with Crippen LogP contribution in [0.2, 0.25) is 0 Å². The number of likely N-dealkylation sites (N-methyl/N-ethyl adjacent to an activating group) is 1. The van der Waals surface area contributed by atoms with Crippen LogP contribution in [0.1, 0.15) is 57.8 Å². The molecule has 0 amide bonds. The predicted octanol–water partition coefficient (Wildman–Crippen LogP) is 2.24. The number of nitrogens with zero attached hydrogens (tertiary/aromatic N) is 1. The maximum Gasteiger partial charge on any atom is 0.323 e. The van der Waals surface area contributed by atoms with Crippen LogP contribution in [0.15, 0.2) is 0 Å². The molecule has 3 rings (SSSR count). The average Bonchev–Trinajstić information content (AvgIpc) is 2.92. The summed E-state index contributed by atoms with van der Waals surface area (Å²) in [5.41, 5.74) is -0.674. The number of nitrogens with one attached hydrogen (secondary N) is 1. The highest BCUT2D eigenvalue weighted by molar-refractivity contribution is 5.79. The summed E-state index contributed by atoms with van der Waals surface area (Å²) in [4.78, 5) is 14.3. The van der Waals surface area contributed by atoms with Crippen molar-refractivity contribution in [2.75, 3.05) is 13.6 Å². The van der Waals surface area contributed by atoms with Crippen molar-refractivity contribution in [2.24, 2.45) is 5.92 Å². The molecular weight excluding hydrogens is 252 g/mol. The zero-order valence-electron chi connectivity index (χ0n) is 12.6. The number of likely N-dealkylation sites (tertiary alicyclic amines) is 1. The largest absolute Gasteiger partial charge is 0.480 e. The summed E-state index contributed by atoms with van der Waals surface area (Å²) in [6.45, 7) is 1.19. The van der Waals surface area contributed by atoms with E-state index in [-0.39, 0.29) is 0 Å². The molecule has 2 N–H and O–H groups in total. The summed E-state index contributed by atoms with van der Waals surface area (Å²) in [5, 5.41) is 12.6. The van der Waals surface area contributed by atoms with Crippen molar-refractivity contribution >= 4 is 5.97 Å². The highest BCUT2D eigenvalue weighted by Gasteiger charge is 2.48. The molecule has 0 aromatic heterocycles. The van der Waals surface area contributed by atoms with Crippen molar-refractivity contribution in [3.05, 3.63) is 0 Å². The fourth-order valence-corrected chi connectivity index (χ4v) is 4.95. The molecule has 4 atom stereocenters. The van der Waals surface area contributed by atoms with Crippen molar-refractivity contribution in [2.45, 2.75) is 75.4 Å². The van der Waals surface area contributed by atoms with Gasteiger partial charge in [-0.3, -0.25) is 9.69 Å². The van der Waals surface area contributed by atoms with E-state index in [1.807, 2.05) is 0 Å². The van der Waals surface area contributed by atoms with E-state index in [9.17, 15) is 9.90 Å². The highest BCUT2D eigenvalue weighted by Crippen LogP contribution is 2.41. The summed E-state index contributed by atoms with van der Waals surface area (Å²) >= 11 is 0. The van der Waals surface area contributed by atoms with Crippen LogP contribution in [-0.2, 0) is 4.79 Å². The number of carboxylic acid groups (broad SMARTS) is 1. The van der Waals surface area contributed by atoms with Crippen molar-refractivity contribution in [1.82, 2.24) is 10.2 Å². The van der Waals surface area contributed by atoms with Gasteiger partial charge < -0.3 is 10.4 Å². The number of fused-ring (bicyclic) bond motifs is 1. The molecule has 2 unspecified atom stereocenters. The van der Waals surface area contributed by atoms with E-state index >= 15 is 0 Å². The number of hydrogen-bond donors (Lipinski definition) is 2. The molecule has 1 heterocycles. The van der Waals surface area contributed by atoms with Crippen LogP contribution in [0.5, 0.6) is 0 Å². The Bertz CT molecular complexity index is 371. The van der Waals surface area contributed by atoms with Gasteiger partial charge in [0.2, 0.25) is 0 Å². The maximum absolute atomic E-state index is 11.6. The Morgan fingerprint density at radius 1 is 1.20 bits per heavy atom. The Hall–Kier alpha value is -0.610. The number of aliphatic carboxylic acids is 1. The van der Waals surface area contributed by atoms with Crippen molar-refractivity contribution in [3.8, 4) is 0 Å². The zero-order chi connectivity index (χ0) is 14.2. The Labute approximate surface area is 121 Å². The minimum absolute atomic E-state index is 0.476. The van der Waals surface area contributed by atoms with Crippen LogP contribution in [-0.4, -0.2) is 47.2 Å². The third kappa shape index (κ3) is 2.37. The number of carboxylic acids is 1. The standard InChI is InChI=1S/C16H28N2O2/c1-17-16(15(19)20)9-8-13(11-16)18-10-4-6-12-5-2-3-7-14(12)18/h12-14,17H,2-11H2,1H3,(H,19,20)/t12-,13?,14-,16?/m1/s1. The van der Waals surface area contributed by atoms with E-state index < -0.39 is 11.5 Å². The van der Waals surface area contributed by atoms with E-state index in [0.29, 0.717) is 6.04 Å². The van der Waals surface area contributed by atoms with Crippen LogP contribution in [0.25, 0.3) is 0 Å². The molecule has 0 aromatic rings. The number of carbonyl (C=O) groups is 1. The first-order valence-electron chi connectivity index (χ1n) is 8.34. The fourth-order valence-electron chi connectivity index (χ4n) is 4.95. The molecule has 4 heteroatoms. The molecule has 0 bridgehead atoms. The van der Waals surface area contributed by atoms with Gasteiger partial charge in [-0.05, 0) is 64.5 Å². The Balaban J connectivity index is 1.71. The molecule has 114 valence electrons. The van der Waals surface area contributed by atoms with Gasteiger partial charge in [0, 0.05) is 12.1 Å². The van der Waals surface area contributed by atoms with Crippen LogP contribution in [0, 0.1) is 5.92 Å². The predicted molar refractivity (Wildman–Crippen MR) is 78.8 cm³/mol. The van der Waals surface area contributed by atoms with Gasteiger partial charge in [-0.2, -0.15) is 0 Å². The second-order valence-electron chi connectivity index (χ2n) is 7.03.